The molecule has 0 aliphatic carbocycles. The Balaban J connectivity index is 2.31. The molecule has 4 N–H and O–H groups in total. The normalized spacial score (nSPS) is 15.4. The summed E-state index contributed by atoms with van der Waals surface area (Å²) >= 11 is 0. The van der Waals surface area contributed by atoms with E-state index in [1.54, 1.807) is 0 Å². The lowest BCUT2D eigenvalue weighted by Crippen LogP contribution is -2.51. The second-order valence-electron chi connectivity index (χ2n) is 3.77. The largest absolute Gasteiger partial charge is 0.478 e. The molecular weight excluding hydrogens is 240 g/mol. The van der Waals surface area contributed by atoms with Gasteiger partial charge in [0.2, 0.25) is 11.8 Å². The van der Waals surface area contributed by atoms with Gasteiger partial charge in [-0.2, -0.15) is 0 Å². The third kappa shape index (κ3) is 2.21. The minimum absolute atomic E-state index is 0.0463. The van der Waals surface area contributed by atoms with Gasteiger partial charge >= 0.3 is 5.97 Å². The van der Waals surface area contributed by atoms with Gasteiger partial charge < -0.3 is 15.7 Å². The summed E-state index contributed by atoms with van der Waals surface area (Å²) in [4.78, 5) is 38.4. The zero-order chi connectivity index (χ0) is 13.3. The minimum Gasteiger partial charge on any atom is -0.478 e. The molecule has 0 bridgehead atoms. The van der Waals surface area contributed by atoms with Crippen LogP contribution < -0.4 is 16.0 Å². The number of aromatic carboxylic acids is 1. The van der Waals surface area contributed by atoms with Crippen molar-refractivity contribution in [3.63, 3.8) is 0 Å². The molecule has 0 spiro atoms. The van der Waals surface area contributed by atoms with E-state index in [0.29, 0.717) is 0 Å². The first-order chi connectivity index (χ1) is 8.47. The van der Waals surface area contributed by atoms with E-state index < -0.39 is 17.8 Å². The zero-order valence-corrected chi connectivity index (χ0v) is 9.21. The van der Waals surface area contributed by atoms with E-state index in [0.717, 1.165) is 6.20 Å². The van der Waals surface area contributed by atoms with Gasteiger partial charge in [-0.15, -0.1) is 0 Å². The Hall–Kier alpha value is -2.64. The van der Waals surface area contributed by atoms with E-state index in [2.05, 4.69) is 10.3 Å². The third-order valence-corrected chi connectivity index (χ3v) is 2.39. The van der Waals surface area contributed by atoms with Crippen LogP contribution in [0.3, 0.4) is 0 Å². The maximum absolute atomic E-state index is 11.2. The molecule has 0 atom stereocenters. The first-order valence-electron chi connectivity index (χ1n) is 5.04. The number of anilines is 2. The Kier molecular flexibility index (Phi) is 2.84. The number of nitrogens with two attached hydrogens (primary N) is 1. The summed E-state index contributed by atoms with van der Waals surface area (Å²) < 4.78 is 0. The number of carboxylic acids is 1. The van der Waals surface area contributed by atoms with Gasteiger partial charge in [0.25, 0.3) is 0 Å². The van der Waals surface area contributed by atoms with Crippen molar-refractivity contribution in [3.05, 3.63) is 17.8 Å². The molecule has 0 aromatic carbocycles. The standard InChI is InChI=1S/C10H10N4O4/c11-6-1-5(10(17)18)2-12-9(6)14-3-7(15)13-8(16)4-14/h1-2H,3-4,11H2,(H,17,18)(H,13,15,16). The Morgan fingerprint density at radius 3 is 2.50 bits per heavy atom. The van der Waals surface area contributed by atoms with Gasteiger partial charge in [0.15, 0.2) is 5.82 Å². The number of nitrogens with zero attached hydrogens (tertiary/aromatic N) is 2. The van der Waals surface area contributed by atoms with Crippen molar-refractivity contribution < 1.29 is 19.5 Å². The zero-order valence-electron chi connectivity index (χ0n) is 9.21. The predicted octanol–water partition coefficient (Wildman–Crippen LogP) is -1.18. The van der Waals surface area contributed by atoms with E-state index in [-0.39, 0.29) is 30.2 Å². The molecule has 94 valence electrons. The average Bonchev–Trinajstić information content (AvgIpc) is 2.27. The topological polar surface area (TPSA) is 126 Å². The summed E-state index contributed by atoms with van der Waals surface area (Å²) in [6.45, 7) is -0.0925. The lowest BCUT2D eigenvalue weighted by atomic mass is 10.2. The highest BCUT2D eigenvalue weighted by Crippen LogP contribution is 2.21. The van der Waals surface area contributed by atoms with Gasteiger partial charge in [-0.1, -0.05) is 0 Å². The van der Waals surface area contributed by atoms with Crippen molar-refractivity contribution >= 4 is 29.3 Å². The smallest absolute Gasteiger partial charge is 0.337 e. The van der Waals surface area contributed by atoms with Crippen molar-refractivity contribution in [2.75, 3.05) is 23.7 Å². The molecule has 2 amide bonds. The van der Waals surface area contributed by atoms with Gasteiger partial charge in [0.05, 0.1) is 24.3 Å². The fraction of sp³-hybridized carbons (Fsp3) is 0.200. The Morgan fingerprint density at radius 2 is 2.00 bits per heavy atom. The number of rotatable bonds is 2. The van der Waals surface area contributed by atoms with Gasteiger partial charge in [-0.25, -0.2) is 9.78 Å². The number of hydrogen-bond donors (Lipinski definition) is 3. The van der Waals surface area contributed by atoms with Crippen LogP contribution in [0.5, 0.6) is 0 Å². The molecule has 1 aromatic rings. The molecule has 0 radical (unpaired) electrons. The number of amides is 2. The number of hydrogen-bond acceptors (Lipinski definition) is 6. The number of carbonyl (C=O) groups is 3. The summed E-state index contributed by atoms with van der Waals surface area (Å²) in [5, 5.41) is 10.9. The highest BCUT2D eigenvalue weighted by Gasteiger charge is 2.25. The van der Waals surface area contributed by atoms with Gasteiger partial charge in [0.1, 0.15) is 0 Å². The van der Waals surface area contributed by atoms with Crippen LogP contribution in [0.2, 0.25) is 0 Å². The van der Waals surface area contributed by atoms with Crippen LogP contribution in [0.1, 0.15) is 10.4 Å². The first kappa shape index (κ1) is 11.8. The van der Waals surface area contributed by atoms with Crippen LogP contribution in [-0.4, -0.2) is 41.0 Å². The summed E-state index contributed by atoms with van der Waals surface area (Å²) in [6.07, 6.45) is 1.13. The highest BCUT2D eigenvalue weighted by atomic mass is 16.4. The molecule has 8 nitrogen and oxygen atoms in total. The monoisotopic (exact) mass is 250 g/mol. The van der Waals surface area contributed by atoms with Crippen LogP contribution in [0.15, 0.2) is 12.3 Å². The summed E-state index contributed by atoms with van der Waals surface area (Å²) in [5.41, 5.74) is 5.73. The van der Waals surface area contributed by atoms with Crippen LogP contribution >= 0.6 is 0 Å². The highest BCUT2D eigenvalue weighted by molar-refractivity contribution is 6.03. The van der Waals surface area contributed by atoms with Crippen LogP contribution in [0, 0.1) is 0 Å². The molecule has 2 heterocycles. The Morgan fingerprint density at radius 1 is 1.39 bits per heavy atom. The number of nitrogens with one attached hydrogen (secondary N) is 1. The quantitative estimate of drug-likeness (QED) is 0.564. The molecule has 0 saturated carbocycles. The number of imide groups is 1. The summed E-state index contributed by atoms with van der Waals surface area (Å²) in [7, 11) is 0. The first-order valence-corrected chi connectivity index (χ1v) is 5.04. The lowest BCUT2D eigenvalue weighted by molar-refractivity contribution is -0.130. The second kappa shape index (κ2) is 4.32. The fourth-order valence-electron chi connectivity index (χ4n) is 1.64. The van der Waals surface area contributed by atoms with Crippen molar-refractivity contribution in [3.8, 4) is 0 Å². The molecule has 2 rings (SSSR count). The summed E-state index contributed by atoms with van der Waals surface area (Å²) in [5.74, 6) is -1.82. The van der Waals surface area contributed by atoms with E-state index in [1.807, 2.05) is 0 Å². The van der Waals surface area contributed by atoms with Gasteiger partial charge in [-0.05, 0) is 6.07 Å². The van der Waals surface area contributed by atoms with E-state index >= 15 is 0 Å². The SMILES string of the molecule is Nc1cc(C(=O)O)cnc1N1CC(=O)NC(=O)C1. The molecule has 1 fully saturated rings. The molecule has 8 heteroatoms. The molecule has 1 aliphatic rings. The van der Waals surface area contributed by atoms with Crippen molar-refractivity contribution in [2.24, 2.45) is 0 Å². The number of piperazine rings is 1. The molecule has 18 heavy (non-hydrogen) atoms. The maximum atomic E-state index is 11.2. The van der Waals surface area contributed by atoms with Gasteiger partial charge in [0, 0.05) is 6.20 Å². The Labute approximate surface area is 101 Å². The average molecular weight is 250 g/mol. The van der Waals surface area contributed by atoms with Crippen molar-refractivity contribution in [2.45, 2.75) is 0 Å². The molecule has 1 saturated heterocycles. The molecule has 0 unspecified atom stereocenters. The predicted molar refractivity (Wildman–Crippen MR) is 61.0 cm³/mol. The lowest BCUT2D eigenvalue weighted by Gasteiger charge is -2.27. The van der Waals surface area contributed by atoms with Gasteiger partial charge in [-0.3, -0.25) is 14.9 Å². The fourth-order valence-corrected chi connectivity index (χ4v) is 1.64. The van der Waals surface area contributed by atoms with Crippen molar-refractivity contribution in [1.29, 1.82) is 0 Å². The Bertz CT molecular complexity index is 527. The number of aromatic nitrogens is 1. The van der Waals surface area contributed by atoms with Crippen LogP contribution in [0.25, 0.3) is 0 Å². The number of carboxylic acid groups (broad SMARTS) is 1. The molecule has 1 aromatic heterocycles. The maximum Gasteiger partial charge on any atom is 0.337 e. The second-order valence-corrected chi connectivity index (χ2v) is 3.77. The summed E-state index contributed by atoms with van der Waals surface area (Å²) in [6, 6.07) is 1.24. The molecular formula is C10H10N4O4. The number of nitrogen functional groups attached to an aromatic ring is 1. The van der Waals surface area contributed by atoms with E-state index in [9.17, 15) is 14.4 Å². The van der Waals surface area contributed by atoms with Crippen LogP contribution in [0.4, 0.5) is 11.5 Å². The number of carbonyl (C=O) groups excluding carboxylic acids is 2. The van der Waals surface area contributed by atoms with Crippen LogP contribution in [-0.2, 0) is 9.59 Å². The van der Waals surface area contributed by atoms with E-state index in [4.69, 9.17) is 10.8 Å². The molecule has 1 aliphatic heterocycles. The van der Waals surface area contributed by atoms with Crippen molar-refractivity contribution in [1.82, 2.24) is 10.3 Å². The number of pyridine rings is 1. The van der Waals surface area contributed by atoms with E-state index in [1.165, 1.54) is 11.0 Å². The third-order valence-electron chi connectivity index (χ3n) is 2.39. The minimum atomic E-state index is -1.15.